The predicted octanol–water partition coefficient (Wildman–Crippen LogP) is 2.70. The van der Waals surface area contributed by atoms with Gasteiger partial charge in [-0.25, -0.2) is 0 Å². The van der Waals surface area contributed by atoms with Gasteiger partial charge in [-0.15, -0.1) is 0 Å². The molecule has 0 aromatic heterocycles. The first-order valence-electron chi connectivity index (χ1n) is 8.40. The van der Waals surface area contributed by atoms with Crippen molar-refractivity contribution in [2.45, 2.75) is 76.3 Å². The number of rotatable bonds is 2. The summed E-state index contributed by atoms with van der Waals surface area (Å²) in [6.45, 7) is 2.04. The summed E-state index contributed by atoms with van der Waals surface area (Å²) in [5, 5.41) is 3.48. The Kier molecular flexibility index (Phi) is 4.42. The lowest BCUT2D eigenvalue weighted by atomic mass is 9.95. The Labute approximate surface area is 117 Å². The molecule has 19 heavy (non-hydrogen) atoms. The van der Waals surface area contributed by atoms with E-state index < -0.39 is 0 Å². The molecule has 1 amide bonds. The topological polar surface area (TPSA) is 32.3 Å². The van der Waals surface area contributed by atoms with Crippen LogP contribution in [0.15, 0.2) is 0 Å². The largest absolute Gasteiger partial charge is 0.338 e. The van der Waals surface area contributed by atoms with Gasteiger partial charge in [0.15, 0.2) is 0 Å². The quantitative estimate of drug-likeness (QED) is 0.831. The monoisotopic (exact) mass is 264 g/mol. The third kappa shape index (κ3) is 2.96. The Hall–Kier alpha value is -0.570. The van der Waals surface area contributed by atoms with Crippen molar-refractivity contribution in [1.29, 1.82) is 0 Å². The highest BCUT2D eigenvalue weighted by Gasteiger charge is 2.38. The minimum atomic E-state index is 0.115. The number of nitrogens with zero attached hydrogens (tertiary/aromatic N) is 1. The zero-order chi connectivity index (χ0) is 13.1. The maximum absolute atomic E-state index is 12.8. The average Bonchev–Trinajstić information content (AvgIpc) is 3.03. The van der Waals surface area contributed by atoms with Crippen LogP contribution in [0, 0.1) is 5.92 Å². The van der Waals surface area contributed by atoms with E-state index in [0.717, 1.165) is 25.4 Å². The third-order valence-corrected chi connectivity index (χ3v) is 5.38. The minimum absolute atomic E-state index is 0.115. The number of carbonyl (C=O) groups excluding carboxylic acids is 1. The summed E-state index contributed by atoms with van der Waals surface area (Å²) in [6, 6.07) is 0.685. The van der Waals surface area contributed by atoms with Gasteiger partial charge in [-0.2, -0.15) is 0 Å². The maximum Gasteiger partial charge on any atom is 0.239 e. The van der Waals surface area contributed by atoms with Gasteiger partial charge in [-0.1, -0.05) is 25.7 Å². The average molecular weight is 264 g/mol. The van der Waals surface area contributed by atoms with Crippen LogP contribution >= 0.6 is 0 Å². The SMILES string of the molecule is O=C(C1CCCCCN1)N1CCCC1C1CCCC1. The van der Waals surface area contributed by atoms with Crippen LogP contribution in [0.4, 0.5) is 0 Å². The molecule has 108 valence electrons. The lowest BCUT2D eigenvalue weighted by Gasteiger charge is -2.32. The molecule has 0 spiro atoms. The van der Waals surface area contributed by atoms with Crippen molar-refractivity contribution in [3.05, 3.63) is 0 Å². The molecule has 1 aliphatic carbocycles. The summed E-state index contributed by atoms with van der Waals surface area (Å²) in [7, 11) is 0. The molecule has 0 radical (unpaired) electrons. The van der Waals surface area contributed by atoms with Crippen molar-refractivity contribution >= 4 is 5.91 Å². The van der Waals surface area contributed by atoms with E-state index in [-0.39, 0.29) is 6.04 Å². The van der Waals surface area contributed by atoms with Crippen molar-refractivity contribution in [2.24, 2.45) is 5.92 Å². The van der Waals surface area contributed by atoms with Crippen LogP contribution in [0.5, 0.6) is 0 Å². The number of hydrogen-bond acceptors (Lipinski definition) is 2. The summed E-state index contributed by atoms with van der Waals surface area (Å²) in [6.07, 6.45) is 12.7. The molecule has 3 fully saturated rings. The summed E-state index contributed by atoms with van der Waals surface area (Å²) in [4.78, 5) is 15.0. The first kappa shape index (κ1) is 13.4. The van der Waals surface area contributed by atoms with Gasteiger partial charge in [0, 0.05) is 12.6 Å². The summed E-state index contributed by atoms with van der Waals surface area (Å²) in [5.41, 5.74) is 0. The molecule has 0 aromatic rings. The lowest BCUT2D eigenvalue weighted by molar-refractivity contribution is -0.135. The number of likely N-dealkylation sites (tertiary alicyclic amines) is 1. The molecule has 3 aliphatic rings. The molecule has 3 rings (SSSR count). The van der Waals surface area contributed by atoms with E-state index in [2.05, 4.69) is 10.2 Å². The van der Waals surface area contributed by atoms with Gasteiger partial charge in [0.05, 0.1) is 6.04 Å². The Bertz CT molecular complexity index is 304. The molecule has 2 heterocycles. The highest BCUT2D eigenvalue weighted by atomic mass is 16.2. The fraction of sp³-hybridized carbons (Fsp3) is 0.938. The first-order valence-corrected chi connectivity index (χ1v) is 8.40. The van der Waals surface area contributed by atoms with Crippen molar-refractivity contribution in [3.63, 3.8) is 0 Å². The molecule has 1 N–H and O–H groups in total. The number of hydrogen-bond donors (Lipinski definition) is 1. The molecule has 2 atom stereocenters. The van der Waals surface area contributed by atoms with Crippen molar-refractivity contribution in [1.82, 2.24) is 10.2 Å². The van der Waals surface area contributed by atoms with E-state index in [9.17, 15) is 4.79 Å². The Morgan fingerprint density at radius 3 is 2.53 bits per heavy atom. The van der Waals surface area contributed by atoms with Gasteiger partial charge in [-0.05, 0) is 51.0 Å². The van der Waals surface area contributed by atoms with Gasteiger partial charge in [0.1, 0.15) is 0 Å². The standard InChI is InChI=1S/C16H28N2O/c19-16(14-9-2-1-5-11-17-14)18-12-6-10-15(18)13-7-3-4-8-13/h13-15,17H,1-12H2. The highest BCUT2D eigenvalue weighted by Crippen LogP contribution is 2.35. The zero-order valence-corrected chi connectivity index (χ0v) is 12.1. The van der Waals surface area contributed by atoms with Gasteiger partial charge < -0.3 is 10.2 Å². The fourth-order valence-corrected chi connectivity index (χ4v) is 4.34. The summed E-state index contributed by atoms with van der Waals surface area (Å²) in [5.74, 6) is 1.22. The highest BCUT2D eigenvalue weighted by molar-refractivity contribution is 5.82. The van der Waals surface area contributed by atoms with Crippen LogP contribution in [0.2, 0.25) is 0 Å². The van der Waals surface area contributed by atoms with Gasteiger partial charge in [0.25, 0.3) is 0 Å². The summed E-state index contributed by atoms with van der Waals surface area (Å²) < 4.78 is 0. The molecular weight excluding hydrogens is 236 g/mol. The van der Waals surface area contributed by atoms with E-state index in [4.69, 9.17) is 0 Å². The van der Waals surface area contributed by atoms with Crippen LogP contribution in [-0.2, 0) is 4.79 Å². The molecule has 2 unspecified atom stereocenters. The predicted molar refractivity (Wildman–Crippen MR) is 77.0 cm³/mol. The van der Waals surface area contributed by atoms with Crippen LogP contribution in [0.1, 0.15) is 64.2 Å². The normalized spacial score (nSPS) is 33.6. The third-order valence-electron chi connectivity index (χ3n) is 5.38. The molecule has 2 aliphatic heterocycles. The second-order valence-corrected chi connectivity index (χ2v) is 6.64. The first-order chi connectivity index (χ1) is 9.36. The smallest absolute Gasteiger partial charge is 0.239 e. The molecule has 0 aromatic carbocycles. The van der Waals surface area contributed by atoms with E-state index in [1.54, 1.807) is 0 Å². The second kappa shape index (κ2) is 6.25. The Morgan fingerprint density at radius 1 is 0.895 bits per heavy atom. The molecule has 3 nitrogen and oxygen atoms in total. The van der Waals surface area contributed by atoms with Gasteiger partial charge in [0.2, 0.25) is 5.91 Å². The van der Waals surface area contributed by atoms with Crippen molar-refractivity contribution in [2.75, 3.05) is 13.1 Å². The molecule has 3 heteroatoms. The molecule has 0 bridgehead atoms. The van der Waals surface area contributed by atoms with E-state index in [1.165, 1.54) is 57.8 Å². The van der Waals surface area contributed by atoms with Crippen LogP contribution in [0.3, 0.4) is 0 Å². The van der Waals surface area contributed by atoms with E-state index in [0.29, 0.717) is 11.9 Å². The van der Waals surface area contributed by atoms with Crippen LogP contribution < -0.4 is 5.32 Å². The fourth-order valence-electron chi connectivity index (χ4n) is 4.34. The Morgan fingerprint density at radius 2 is 1.68 bits per heavy atom. The minimum Gasteiger partial charge on any atom is -0.338 e. The Balaban J connectivity index is 1.63. The van der Waals surface area contributed by atoms with Gasteiger partial charge >= 0.3 is 0 Å². The van der Waals surface area contributed by atoms with E-state index in [1.807, 2.05) is 0 Å². The van der Waals surface area contributed by atoms with Crippen LogP contribution in [-0.4, -0.2) is 36.0 Å². The number of carbonyl (C=O) groups is 1. The summed E-state index contributed by atoms with van der Waals surface area (Å²) >= 11 is 0. The number of amides is 1. The maximum atomic E-state index is 12.8. The van der Waals surface area contributed by atoms with Crippen molar-refractivity contribution < 1.29 is 4.79 Å². The molecular formula is C16H28N2O. The second-order valence-electron chi connectivity index (χ2n) is 6.64. The number of nitrogens with one attached hydrogen (secondary N) is 1. The molecule has 1 saturated carbocycles. The lowest BCUT2D eigenvalue weighted by Crippen LogP contribution is -2.49. The van der Waals surface area contributed by atoms with E-state index >= 15 is 0 Å². The van der Waals surface area contributed by atoms with Crippen molar-refractivity contribution in [3.8, 4) is 0 Å². The van der Waals surface area contributed by atoms with Crippen LogP contribution in [0.25, 0.3) is 0 Å². The van der Waals surface area contributed by atoms with Gasteiger partial charge in [-0.3, -0.25) is 4.79 Å². The zero-order valence-electron chi connectivity index (χ0n) is 12.1. The molecule has 2 saturated heterocycles.